The highest BCUT2D eigenvalue weighted by Gasteiger charge is 2.15. The van der Waals surface area contributed by atoms with Crippen LogP contribution in [-0.4, -0.2) is 10.8 Å². The molecule has 1 rings (SSSR count). The van der Waals surface area contributed by atoms with Crippen molar-refractivity contribution in [2.24, 2.45) is 5.73 Å². The van der Waals surface area contributed by atoms with E-state index in [-0.39, 0.29) is 11.3 Å². The number of hydrogen-bond donors (Lipinski definition) is 3. The van der Waals surface area contributed by atoms with Crippen molar-refractivity contribution in [1.82, 2.24) is 0 Å². The molecule has 74 valence electrons. The molecular weight excluding hydrogens is 191 g/mol. The molecule has 0 aromatic heterocycles. The zero-order chi connectivity index (χ0) is 10.9. The zero-order valence-electron chi connectivity index (χ0n) is 6.95. The second kappa shape index (κ2) is 3.29. The molecule has 0 saturated carbocycles. The second-order valence-electron chi connectivity index (χ2n) is 2.56. The van der Waals surface area contributed by atoms with Gasteiger partial charge in [0.25, 0.3) is 5.69 Å². The maximum absolute atomic E-state index is 13.0. The van der Waals surface area contributed by atoms with Gasteiger partial charge in [-0.25, -0.2) is 4.39 Å². The number of amidine groups is 1. The summed E-state index contributed by atoms with van der Waals surface area (Å²) < 4.78 is 13.0. The van der Waals surface area contributed by atoms with E-state index in [9.17, 15) is 14.5 Å². The summed E-state index contributed by atoms with van der Waals surface area (Å²) in [5.41, 5.74) is 9.29. The largest absolute Gasteiger partial charge is 0.396 e. The van der Waals surface area contributed by atoms with Crippen molar-refractivity contribution < 1.29 is 9.31 Å². The van der Waals surface area contributed by atoms with Crippen LogP contribution >= 0.6 is 0 Å². The Morgan fingerprint density at radius 1 is 1.57 bits per heavy atom. The van der Waals surface area contributed by atoms with Crippen LogP contribution in [0.3, 0.4) is 0 Å². The molecule has 14 heavy (non-hydrogen) atoms. The molecule has 0 aliphatic rings. The third-order valence-electron chi connectivity index (χ3n) is 1.62. The average molecular weight is 198 g/mol. The van der Waals surface area contributed by atoms with E-state index >= 15 is 0 Å². The maximum Gasteiger partial charge on any atom is 0.273 e. The first-order valence-corrected chi connectivity index (χ1v) is 3.51. The topological polar surface area (TPSA) is 119 Å². The van der Waals surface area contributed by atoms with Crippen molar-refractivity contribution in [3.8, 4) is 0 Å². The van der Waals surface area contributed by atoms with Gasteiger partial charge in [0.1, 0.15) is 5.84 Å². The van der Waals surface area contributed by atoms with Gasteiger partial charge in [-0.1, -0.05) is 0 Å². The molecule has 0 radical (unpaired) electrons. The summed E-state index contributed by atoms with van der Waals surface area (Å²) in [6.07, 6.45) is 0. The highest BCUT2D eigenvalue weighted by Crippen LogP contribution is 2.22. The van der Waals surface area contributed by atoms with Gasteiger partial charge in [-0.15, -0.1) is 0 Å². The van der Waals surface area contributed by atoms with E-state index < -0.39 is 22.3 Å². The molecule has 0 atom stereocenters. The summed E-state index contributed by atoms with van der Waals surface area (Å²) in [6, 6.07) is 1.64. The summed E-state index contributed by atoms with van der Waals surface area (Å²) in [4.78, 5) is 9.54. The van der Waals surface area contributed by atoms with Gasteiger partial charge in [-0.2, -0.15) is 0 Å². The molecule has 1 aromatic carbocycles. The first-order valence-electron chi connectivity index (χ1n) is 3.51. The lowest BCUT2D eigenvalue weighted by molar-refractivity contribution is -0.385. The molecule has 0 aliphatic carbocycles. The van der Waals surface area contributed by atoms with Crippen molar-refractivity contribution in [2.45, 2.75) is 0 Å². The lowest BCUT2D eigenvalue weighted by atomic mass is 10.1. The fourth-order valence-electron chi connectivity index (χ4n) is 0.932. The van der Waals surface area contributed by atoms with E-state index in [0.717, 1.165) is 6.07 Å². The minimum Gasteiger partial charge on any atom is -0.396 e. The van der Waals surface area contributed by atoms with E-state index in [1.807, 2.05) is 0 Å². The number of nitrogens with one attached hydrogen (secondary N) is 1. The van der Waals surface area contributed by atoms with Gasteiger partial charge in [-0.3, -0.25) is 15.5 Å². The van der Waals surface area contributed by atoms with Gasteiger partial charge >= 0.3 is 0 Å². The molecule has 0 aliphatic heterocycles. The Morgan fingerprint density at radius 2 is 2.14 bits per heavy atom. The Balaban J connectivity index is 3.43. The quantitative estimate of drug-likeness (QED) is 0.212. The predicted octanol–water partition coefficient (Wildman–Crippen LogP) is 0.600. The molecule has 7 heteroatoms. The van der Waals surface area contributed by atoms with Crippen LogP contribution in [0.15, 0.2) is 12.1 Å². The summed E-state index contributed by atoms with van der Waals surface area (Å²) in [7, 11) is 0. The smallest absolute Gasteiger partial charge is 0.273 e. The molecule has 0 bridgehead atoms. The number of halogens is 1. The Morgan fingerprint density at radius 3 is 2.57 bits per heavy atom. The number of anilines is 1. The number of nitrogen functional groups attached to an aromatic ring is 2. The van der Waals surface area contributed by atoms with E-state index in [1.54, 1.807) is 0 Å². The Hall–Kier alpha value is -2.18. The van der Waals surface area contributed by atoms with Crippen LogP contribution in [0, 0.1) is 21.3 Å². The number of rotatable bonds is 2. The molecule has 0 fully saturated rings. The van der Waals surface area contributed by atoms with Crippen molar-refractivity contribution in [3.63, 3.8) is 0 Å². The number of nitrogens with two attached hydrogens (primary N) is 2. The molecule has 0 heterocycles. The number of non-ortho nitro benzene ring substituents is 1. The maximum atomic E-state index is 13.0. The monoisotopic (exact) mass is 198 g/mol. The van der Waals surface area contributed by atoms with Crippen molar-refractivity contribution in [3.05, 3.63) is 33.6 Å². The summed E-state index contributed by atoms with van der Waals surface area (Å²) in [5.74, 6) is -1.46. The van der Waals surface area contributed by atoms with Crippen molar-refractivity contribution >= 4 is 17.2 Å². The lowest BCUT2D eigenvalue weighted by Crippen LogP contribution is -2.15. The van der Waals surface area contributed by atoms with Crippen LogP contribution in [-0.2, 0) is 0 Å². The first-order chi connectivity index (χ1) is 6.43. The zero-order valence-corrected chi connectivity index (χ0v) is 6.95. The van der Waals surface area contributed by atoms with Crippen molar-refractivity contribution in [2.75, 3.05) is 5.73 Å². The highest BCUT2D eigenvalue weighted by molar-refractivity contribution is 6.00. The lowest BCUT2D eigenvalue weighted by Gasteiger charge is -2.03. The Kier molecular flexibility index (Phi) is 2.32. The summed E-state index contributed by atoms with van der Waals surface area (Å²) >= 11 is 0. The first kappa shape index (κ1) is 9.90. The normalized spacial score (nSPS) is 9.79. The minimum atomic E-state index is -0.954. The third-order valence-corrected chi connectivity index (χ3v) is 1.62. The van der Waals surface area contributed by atoms with E-state index in [1.165, 1.54) is 0 Å². The number of nitro groups is 1. The van der Waals surface area contributed by atoms with E-state index in [4.69, 9.17) is 16.9 Å². The highest BCUT2D eigenvalue weighted by atomic mass is 19.1. The molecule has 0 unspecified atom stereocenters. The molecule has 5 N–H and O–H groups in total. The second-order valence-corrected chi connectivity index (χ2v) is 2.56. The fourth-order valence-corrected chi connectivity index (χ4v) is 0.932. The van der Waals surface area contributed by atoms with E-state index in [2.05, 4.69) is 0 Å². The van der Waals surface area contributed by atoms with E-state index in [0.29, 0.717) is 6.07 Å². The summed E-state index contributed by atoms with van der Waals surface area (Å²) in [6.45, 7) is 0. The molecule has 0 saturated heterocycles. The Bertz CT molecular complexity index is 418. The molecule has 0 amide bonds. The SMILES string of the molecule is N=C(N)c1cc([N+](=O)[O-])cc(F)c1N. The minimum absolute atomic E-state index is 0.170. The average Bonchev–Trinajstić information content (AvgIpc) is 2.08. The molecule has 6 nitrogen and oxygen atoms in total. The van der Waals surface area contributed by atoms with Gasteiger partial charge in [0, 0.05) is 11.6 Å². The van der Waals surface area contributed by atoms with Gasteiger partial charge in [-0.05, 0) is 0 Å². The molecular formula is C7H7FN4O2. The van der Waals surface area contributed by atoms with Gasteiger partial charge in [0.2, 0.25) is 0 Å². The number of benzene rings is 1. The van der Waals surface area contributed by atoms with Crippen LogP contribution < -0.4 is 11.5 Å². The standard InChI is InChI=1S/C7H7FN4O2/c8-5-2-3(12(13)14)1-4(6(5)9)7(10)11/h1-2H,9H2,(H3,10,11). The summed E-state index contributed by atoms with van der Waals surface area (Å²) in [5, 5.41) is 17.3. The predicted molar refractivity (Wildman–Crippen MR) is 48.5 cm³/mol. The number of hydrogen-bond acceptors (Lipinski definition) is 4. The van der Waals surface area contributed by atoms with Crippen LogP contribution in [0.4, 0.5) is 15.8 Å². The van der Waals surface area contributed by atoms with Crippen molar-refractivity contribution in [1.29, 1.82) is 5.41 Å². The number of nitro benzene ring substituents is 1. The van der Waals surface area contributed by atoms with Crippen LogP contribution in [0.2, 0.25) is 0 Å². The van der Waals surface area contributed by atoms with Crippen LogP contribution in [0.1, 0.15) is 5.56 Å². The van der Waals surface area contributed by atoms with Gasteiger partial charge in [0.05, 0.1) is 16.7 Å². The molecule has 1 aromatic rings. The van der Waals surface area contributed by atoms with Gasteiger partial charge < -0.3 is 11.5 Å². The Labute approximate surface area is 78.0 Å². The third kappa shape index (κ3) is 1.60. The number of nitrogens with zero attached hydrogens (tertiary/aromatic N) is 1. The fraction of sp³-hybridized carbons (Fsp3) is 0. The van der Waals surface area contributed by atoms with Crippen LogP contribution in [0.5, 0.6) is 0 Å². The van der Waals surface area contributed by atoms with Crippen LogP contribution in [0.25, 0.3) is 0 Å². The van der Waals surface area contributed by atoms with Gasteiger partial charge in [0.15, 0.2) is 5.82 Å². The molecule has 0 spiro atoms.